The van der Waals surface area contributed by atoms with Crippen molar-refractivity contribution in [1.82, 2.24) is 9.88 Å². The quantitative estimate of drug-likeness (QED) is 0.363. The van der Waals surface area contributed by atoms with Crippen molar-refractivity contribution in [2.75, 3.05) is 11.4 Å². The number of nitrogens with zero attached hydrogens (tertiary/aromatic N) is 3. The molecule has 3 aromatic rings. The average molecular weight is 453 g/mol. The molecule has 2 aromatic carbocycles. The molecule has 2 amide bonds. The number of rotatable bonds is 3. The topological polar surface area (TPSA) is 99.6 Å². The van der Waals surface area contributed by atoms with Crippen LogP contribution in [-0.4, -0.2) is 39.2 Å². The minimum absolute atomic E-state index is 0.0479. The lowest BCUT2D eigenvalue weighted by molar-refractivity contribution is -0.385. The molecule has 9 heteroatoms. The minimum atomic E-state index is -0.610. The fourth-order valence-corrected chi connectivity index (χ4v) is 5.14. The van der Waals surface area contributed by atoms with Gasteiger partial charge in [0.1, 0.15) is 0 Å². The highest BCUT2D eigenvalue weighted by atomic mass is 35.5. The maximum Gasteiger partial charge on any atom is 0.274 e. The van der Waals surface area contributed by atoms with Crippen LogP contribution < -0.4 is 4.90 Å². The SMILES string of the molecule is Cc1ccc(N2C(=O)CC(N3CCc4c([nH]c5ccc(Cl)cc45)C3C)C2=O)cc1[N+](=O)[O-]. The largest absolute Gasteiger partial charge is 0.357 e. The lowest BCUT2D eigenvalue weighted by Gasteiger charge is -2.36. The first-order chi connectivity index (χ1) is 15.3. The van der Waals surface area contributed by atoms with Gasteiger partial charge in [0.25, 0.3) is 11.6 Å². The van der Waals surface area contributed by atoms with Crippen LogP contribution in [0, 0.1) is 17.0 Å². The summed E-state index contributed by atoms with van der Waals surface area (Å²) in [5, 5.41) is 13.1. The Hall–Kier alpha value is -3.23. The van der Waals surface area contributed by atoms with Crippen LogP contribution >= 0.6 is 11.6 Å². The smallest absolute Gasteiger partial charge is 0.274 e. The lowest BCUT2D eigenvalue weighted by Crippen LogP contribution is -2.46. The van der Waals surface area contributed by atoms with Gasteiger partial charge in [-0.2, -0.15) is 0 Å². The number of nitro benzene ring substituents is 1. The third-order valence-electron chi connectivity index (χ3n) is 6.61. The Morgan fingerprint density at radius 2 is 1.97 bits per heavy atom. The van der Waals surface area contributed by atoms with Crippen LogP contribution in [-0.2, 0) is 16.0 Å². The molecule has 2 atom stereocenters. The van der Waals surface area contributed by atoms with E-state index in [1.54, 1.807) is 19.1 Å². The molecule has 8 nitrogen and oxygen atoms in total. The molecule has 5 rings (SSSR count). The van der Waals surface area contributed by atoms with Crippen LogP contribution in [0.15, 0.2) is 36.4 Å². The number of hydrogen-bond donors (Lipinski definition) is 1. The molecule has 0 saturated carbocycles. The molecular weight excluding hydrogens is 432 g/mol. The third kappa shape index (κ3) is 3.10. The molecule has 0 bridgehead atoms. The minimum Gasteiger partial charge on any atom is -0.357 e. The third-order valence-corrected chi connectivity index (χ3v) is 6.84. The Kier molecular flexibility index (Phi) is 4.79. The number of nitro groups is 1. The summed E-state index contributed by atoms with van der Waals surface area (Å²) in [6.45, 7) is 4.27. The number of carbonyl (C=O) groups excluding carboxylic acids is 2. The Morgan fingerprint density at radius 1 is 1.19 bits per heavy atom. The van der Waals surface area contributed by atoms with Gasteiger partial charge in [0.15, 0.2) is 0 Å². The lowest BCUT2D eigenvalue weighted by atomic mass is 9.96. The van der Waals surface area contributed by atoms with E-state index in [1.165, 1.54) is 11.6 Å². The van der Waals surface area contributed by atoms with E-state index in [0.717, 1.165) is 27.9 Å². The van der Waals surface area contributed by atoms with Crippen molar-refractivity contribution in [3.05, 3.63) is 68.4 Å². The average Bonchev–Trinajstić information content (AvgIpc) is 3.26. The van der Waals surface area contributed by atoms with Gasteiger partial charge in [-0.05, 0) is 50.1 Å². The number of benzene rings is 2. The second-order valence-corrected chi connectivity index (χ2v) is 8.82. The van der Waals surface area contributed by atoms with Gasteiger partial charge < -0.3 is 4.98 Å². The number of aryl methyl sites for hydroxylation is 1. The van der Waals surface area contributed by atoms with Gasteiger partial charge in [-0.15, -0.1) is 0 Å². The number of anilines is 1. The van der Waals surface area contributed by atoms with Crippen molar-refractivity contribution in [2.45, 2.75) is 38.8 Å². The molecule has 3 heterocycles. The predicted octanol–water partition coefficient (Wildman–Crippen LogP) is 4.29. The molecule has 1 saturated heterocycles. The van der Waals surface area contributed by atoms with E-state index in [0.29, 0.717) is 17.1 Å². The second-order valence-electron chi connectivity index (χ2n) is 8.39. The highest BCUT2D eigenvalue weighted by Crippen LogP contribution is 2.39. The summed E-state index contributed by atoms with van der Waals surface area (Å²) in [4.78, 5) is 43.5. The molecule has 2 aliphatic heterocycles. The van der Waals surface area contributed by atoms with E-state index in [9.17, 15) is 19.7 Å². The van der Waals surface area contributed by atoms with Gasteiger partial charge in [-0.3, -0.25) is 24.6 Å². The summed E-state index contributed by atoms with van der Waals surface area (Å²) in [6, 6.07) is 9.47. The summed E-state index contributed by atoms with van der Waals surface area (Å²) < 4.78 is 0. The van der Waals surface area contributed by atoms with Crippen molar-refractivity contribution in [1.29, 1.82) is 0 Å². The molecule has 1 fully saturated rings. The van der Waals surface area contributed by atoms with Crippen molar-refractivity contribution in [3.63, 3.8) is 0 Å². The molecule has 1 aromatic heterocycles. The maximum absolute atomic E-state index is 13.3. The first kappa shape index (κ1) is 20.7. The first-order valence-electron chi connectivity index (χ1n) is 10.4. The molecule has 0 spiro atoms. The van der Waals surface area contributed by atoms with Crippen LogP contribution in [0.3, 0.4) is 0 Å². The Bertz CT molecular complexity index is 1300. The van der Waals surface area contributed by atoms with E-state index in [2.05, 4.69) is 4.98 Å². The number of halogens is 1. The van der Waals surface area contributed by atoms with Gasteiger partial charge in [0.05, 0.1) is 23.1 Å². The van der Waals surface area contributed by atoms with Crippen molar-refractivity contribution in [2.24, 2.45) is 0 Å². The van der Waals surface area contributed by atoms with Crippen molar-refractivity contribution < 1.29 is 14.5 Å². The van der Waals surface area contributed by atoms with Crippen LogP contribution in [0.1, 0.15) is 36.2 Å². The number of nitrogens with one attached hydrogen (secondary N) is 1. The van der Waals surface area contributed by atoms with Crippen LogP contribution in [0.25, 0.3) is 10.9 Å². The van der Waals surface area contributed by atoms with Crippen LogP contribution in [0.4, 0.5) is 11.4 Å². The number of carbonyl (C=O) groups is 2. The highest BCUT2D eigenvalue weighted by molar-refractivity contribution is 6.31. The standard InChI is InChI=1S/C23H21ClN4O4/c1-12-3-5-15(10-19(12)28(31)32)27-21(29)11-20(23(27)30)26-8-7-16-17-9-14(24)4-6-18(17)25-22(16)13(26)2/h3-6,9-10,13,20,25H,7-8,11H2,1-2H3. The Balaban J connectivity index is 1.46. The maximum atomic E-state index is 13.3. The predicted molar refractivity (Wildman–Crippen MR) is 121 cm³/mol. The number of imide groups is 1. The normalized spacial score (nSPS) is 21.4. The van der Waals surface area contributed by atoms with Crippen LogP contribution in [0.5, 0.6) is 0 Å². The number of amides is 2. The zero-order chi connectivity index (χ0) is 22.7. The van der Waals surface area contributed by atoms with Gasteiger partial charge in [-0.1, -0.05) is 17.7 Å². The van der Waals surface area contributed by atoms with Crippen molar-refractivity contribution >= 4 is 45.7 Å². The number of aromatic amines is 1. The molecule has 2 unspecified atom stereocenters. The Morgan fingerprint density at radius 3 is 2.72 bits per heavy atom. The number of aromatic nitrogens is 1. The molecule has 2 aliphatic rings. The zero-order valence-corrected chi connectivity index (χ0v) is 18.3. The fourth-order valence-electron chi connectivity index (χ4n) is 4.97. The zero-order valence-electron chi connectivity index (χ0n) is 17.6. The van der Waals surface area contributed by atoms with Gasteiger partial charge in [-0.25, -0.2) is 4.90 Å². The molecule has 164 valence electrons. The fraction of sp³-hybridized carbons (Fsp3) is 0.304. The van der Waals surface area contributed by atoms with E-state index in [4.69, 9.17) is 11.6 Å². The molecule has 1 N–H and O–H groups in total. The van der Waals surface area contributed by atoms with Crippen molar-refractivity contribution in [3.8, 4) is 0 Å². The number of fused-ring (bicyclic) bond motifs is 3. The number of H-pyrrole nitrogens is 1. The molecular formula is C23H21ClN4O4. The first-order valence-corrected chi connectivity index (χ1v) is 10.8. The number of hydrogen-bond acceptors (Lipinski definition) is 5. The van der Waals surface area contributed by atoms with E-state index in [1.807, 2.05) is 30.0 Å². The van der Waals surface area contributed by atoms with E-state index >= 15 is 0 Å². The summed E-state index contributed by atoms with van der Waals surface area (Å²) >= 11 is 6.18. The van der Waals surface area contributed by atoms with Gasteiger partial charge in [0.2, 0.25) is 5.91 Å². The van der Waals surface area contributed by atoms with Gasteiger partial charge in [0, 0.05) is 45.8 Å². The van der Waals surface area contributed by atoms with Gasteiger partial charge >= 0.3 is 0 Å². The van der Waals surface area contributed by atoms with Crippen LogP contribution in [0.2, 0.25) is 5.02 Å². The molecule has 32 heavy (non-hydrogen) atoms. The Labute approximate surface area is 188 Å². The highest BCUT2D eigenvalue weighted by Gasteiger charge is 2.46. The monoisotopic (exact) mass is 452 g/mol. The summed E-state index contributed by atoms with van der Waals surface area (Å²) in [5.41, 5.74) is 3.82. The molecule has 0 aliphatic carbocycles. The van der Waals surface area contributed by atoms with E-state index < -0.39 is 11.0 Å². The van der Waals surface area contributed by atoms with E-state index in [-0.39, 0.29) is 35.7 Å². The second kappa shape index (κ2) is 7.43. The summed E-state index contributed by atoms with van der Waals surface area (Å²) in [6.07, 6.45) is 0.778. The molecule has 0 radical (unpaired) electrons. The summed E-state index contributed by atoms with van der Waals surface area (Å²) in [7, 11) is 0. The summed E-state index contributed by atoms with van der Waals surface area (Å²) in [5.74, 6) is -0.692.